The molecule has 1 fully saturated rings. The van der Waals surface area contributed by atoms with E-state index in [-0.39, 0.29) is 5.75 Å². The first-order chi connectivity index (χ1) is 9.76. The summed E-state index contributed by atoms with van der Waals surface area (Å²) in [6.45, 7) is 0. The second-order valence-corrected chi connectivity index (χ2v) is 5.01. The van der Waals surface area contributed by atoms with Crippen molar-refractivity contribution >= 4 is 12.0 Å². The van der Waals surface area contributed by atoms with Crippen LogP contribution in [0.15, 0.2) is 29.3 Å². The molecule has 100 valence electrons. The average Bonchev–Trinajstić information content (AvgIpc) is 3.18. The minimum atomic E-state index is 0.214. The lowest BCUT2D eigenvalue weighted by Crippen LogP contribution is -1.90. The lowest BCUT2D eigenvalue weighted by molar-refractivity contribution is 0.475. The van der Waals surface area contributed by atoms with Crippen LogP contribution in [0, 0.1) is 17.2 Å². The van der Waals surface area contributed by atoms with Crippen LogP contribution in [0.3, 0.4) is 0 Å². The molecule has 1 aliphatic carbocycles. The van der Waals surface area contributed by atoms with Crippen molar-refractivity contribution < 1.29 is 5.11 Å². The number of rotatable bonds is 4. The van der Waals surface area contributed by atoms with Crippen LogP contribution in [0.25, 0.3) is 0 Å². The summed E-state index contributed by atoms with van der Waals surface area (Å²) in [5.41, 5.74) is 2.26. The molecule has 0 spiro atoms. The zero-order chi connectivity index (χ0) is 13.9. The van der Waals surface area contributed by atoms with Gasteiger partial charge in [0.15, 0.2) is 5.82 Å². The SMILES string of the molecule is N#Cc1c(N=Cc2ccc(O)cc2)n[nH]c1CC1CC1. The maximum Gasteiger partial charge on any atom is 0.191 e. The first-order valence-electron chi connectivity index (χ1n) is 6.56. The van der Waals surface area contributed by atoms with Crippen molar-refractivity contribution in [1.29, 1.82) is 5.26 Å². The normalized spacial score (nSPS) is 14.6. The molecule has 0 radical (unpaired) electrons. The smallest absolute Gasteiger partial charge is 0.191 e. The minimum absolute atomic E-state index is 0.214. The second-order valence-electron chi connectivity index (χ2n) is 5.01. The predicted octanol–water partition coefficient (Wildman–Crippen LogP) is 2.69. The molecular formula is C15H14N4O. The molecule has 2 aromatic rings. The van der Waals surface area contributed by atoms with Crippen LogP contribution in [-0.4, -0.2) is 21.5 Å². The van der Waals surface area contributed by atoms with Crippen molar-refractivity contribution in [2.24, 2.45) is 10.9 Å². The molecule has 1 aromatic carbocycles. The Hall–Kier alpha value is -2.61. The van der Waals surface area contributed by atoms with Gasteiger partial charge in [-0.05, 0) is 55.0 Å². The van der Waals surface area contributed by atoms with E-state index < -0.39 is 0 Å². The number of phenolic OH excluding ortho intramolecular Hbond substituents is 1. The molecule has 1 aliphatic rings. The van der Waals surface area contributed by atoms with Crippen LogP contribution in [0.1, 0.15) is 29.7 Å². The summed E-state index contributed by atoms with van der Waals surface area (Å²) in [4.78, 5) is 4.25. The van der Waals surface area contributed by atoms with E-state index in [1.54, 1.807) is 30.5 Å². The van der Waals surface area contributed by atoms with Gasteiger partial charge in [0, 0.05) is 6.21 Å². The Balaban J connectivity index is 1.81. The Bertz CT molecular complexity index is 675. The van der Waals surface area contributed by atoms with Crippen LogP contribution in [0.5, 0.6) is 5.75 Å². The molecule has 0 saturated heterocycles. The molecule has 0 amide bonds. The molecule has 0 atom stereocenters. The fourth-order valence-electron chi connectivity index (χ4n) is 2.03. The molecule has 5 nitrogen and oxygen atoms in total. The predicted molar refractivity (Wildman–Crippen MR) is 75.1 cm³/mol. The van der Waals surface area contributed by atoms with Crippen LogP contribution >= 0.6 is 0 Å². The van der Waals surface area contributed by atoms with E-state index in [1.165, 1.54) is 12.8 Å². The van der Waals surface area contributed by atoms with E-state index in [0.29, 0.717) is 17.3 Å². The number of benzene rings is 1. The van der Waals surface area contributed by atoms with Gasteiger partial charge in [0.2, 0.25) is 0 Å². The van der Waals surface area contributed by atoms with Gasteiger partial charge in [-0.1, -0.05) is 0 Å². The minimum Gasteiger partial charge on any atom is -0.508 e. The van der Waals surface area contributed by atoms with E-state index in [1.807, 2.05) is 0 Å². The summed E-state index contributed by atoms with van der Waals surface area (Å²) < 4.78 is 0. The molecule has 1 saturated carbocycles. The second kappa shape index (κ2) is 5.17. The Kier molecular flexibility index (Phi) is 3.21. The highest BCUT2D eigenvalue weighted by Gasteiger charge is 2.24. The summed E-state index contributed by atoms with van der Waals surface area (Å²) in [5.74, 6) is 1.33. The maximum absolute atomic E-state index is 9.24. The fourth-order valence-corrected chi connectivity index (χ4v) is 2.03. The highest BCUT2D eigenvalue weighted by atomic mass is 16.3. The van der Waals surface area contributed by atoms with Crippen molar-refractivity contribution in [3.8, 4) is 11.8 Å². The van der Waals surface area contributed by atoms with Crippen molar-refractivity contribution in [3.05, 3.63) is 41.1 Å². The van der Waals surface area contributed by atoms with Crippen LogP contribution in [0.4, 0.5) is 5.82 Å². The zero-order valence-electron chi connectivity index (χ0n) is 10.9. The molecule has 5 heteroatoms. The number of aliphatic imine (C=N–C) groups is 1. The summed E-state index contributed by atoms with van der Waals surface area (Å²) in [5, 5.41) is 25.5. The first-order valence-corrected chi connectivity index (χ1v) is 6.56. The van der Waals surface area contributed by atoms with Gasteiger partial charge in [-0.15, -0.1) is 0 Å². The average molecular weight is 266 g/mol. The Morgan fingerprint density at radius 1 is 1.40 bits per heavy atom. The number of nitrogens with one attached hydrogen (secondary N) is 1. The summed E-state index contributed by atoms with van der Waals surface area (Å²) in [6.07, 6.45) is 4.98. The third-order valence-corrected chi connectivity index (χ3v) is 3.35. The number of hydrogen-bond donors (Lipinski definition) is 2. The van der Waals surface area contributed by atoms with E-state index >= 15 is 0 Å². The van der Waals surface area contributed by atoms with E-state index in [0.717, 1.165) is 17.7 Å². The lowest BCUT2D eigenvalue weighted by Gasteiger charge is -1.94. The number of hydrogen-bond acceptors (Lipinski definition) is 4. The van der Waals surface area contributed by atoms with E-state index in [4.69, 9.17) is 0 Å². The number of aromatic amines is 1. The number of aromatic nitrogens is 2. The van der Waals surface area contributed by atoms with Gasteiger partial charge in [-0.25, -0.2) is 4.99 Å². The van der Waals surface area contributed by atoms with Gasteiger partial charge in [-0.3, -0.25) is 5.10 Å². The highest BCUT2D eigenvalue weighted by Crippen LogP contribution is 2.34. The van der Waals surface area contributed by atoms with Gasteiger partial charge >= 0.3 is 0 Å². The zero-order valence-corrected chi connectivity index (χ0v) is 10.9. The Morgan fingerprint density at radius 3 is 2.80 bits per heavy atom. The summed E-state index contributed by atoms with van der Waals surface area (Å²) in [6, 6.07) is 8.87. The molecule has 1 heterocycles. The van der Waals surface area contributed by atoms with E-state index in [2.05, 4.69) is 21.3 Å². The number of nitriles is 1. The lowest BCUT2D eigenvalue weighted by atomic mass is 10.1. The number of aromatic hydroxyl groups is 1. The Labute approximate surface area is 116 Å². The molecular weight excluding hydrogens is 252 g/mol. The largest absolute Gasteiger partial charge is 0.508 e. The monoisotopic (exact) mass is 266 g/mol. The molecule has 20 heavy (non-hydrogen) atoms. The van der Waals surface area contributed by atoms with Crippen molar-refractivity contribution in [3.63, 3.8) is 0 Å². The molecule has 0 bridgehead atoms. The molecule has 3 rings (SSSR count). The molecule has 1 aromatic heterocycles. The van der Waals surface area contributed by atoms with Crippen molar-refractivity contribution in [2.45, 2.75) is 19.3 Å². The molecule has 0 aliphatic heterocycles. The first kappa shape index (κ1) is 12.4. The van der Waals surface area contributed by atoms with Crippen molar-refractivity contribution in [2.75, 3.05) is 0 Å². The topological polar surface area (TPSA) is 85.1 Å². The Morgan fingerprint density at radius 2 is 2.15 bits per heavy atom. The van der Waals surface area contributed by atoms with Gasteiger partial charge in [0.1, 0.15) is 17.4 Å². The van der Waals surface area contributed by atoms with E-state index in [9.17, 15) is 10.4 Å². The number of H-pyrrole nitrogens is 1. The van der Waals surface area contributed by atoms with Crippen molar-refractivity contribution in [1.82, 2.24) is 10.2 Å². The standard InChI is InChI=1S/C15H14N4O/c16-8-13-14(7-10-1-2-10)18-19-15(13)17-9-11-3-5-12(20)6-4-11/h3-6,9-10,20H,1-2,7H2,(H,18,19). The third kappa shape index (κ3) is 2.69. The van der Waals surface area contributed by atoms with Crippen LogP contribution in [0.2, 0.25) is 0 Å². The van der Waals surface area contributed by atoms with Gasteiger partial charge in [-0.2, -0.15) is 10.4 Å². The van der Waals surface area contributed by atoms with Crippen LogP contribution < -0.4 is 0 Å². The van der Waals surface area contributed by atoms with Gasteiger partial charge < -0.3 is 5.11 Å². The summed E-state index contributed by atoms with van der Waals surface area (Å²) in [7, 11) is 0. The highest BCUT2D eigenvalue weighted by molar-refractivity contribution is 5.82. The molecule has 2 N–H and O–H groups in total. The third-order valence-electron chi connectivity index (χ3n) is 3.35. The fraction of sp³-hybridized carbons (Fsp3) is 0.267. The quantitative estimate of drug-likeness (QED) is 0.834. The molecule has 0 unspecified atom stereocenters. The number of phenols is 1. The number of nitrogens with zero attached hydrogens (tertiary/aromatic N) is 3. The van der Waals surface area contributed by atoms with Crippen LogP contribution in [-0.2, 0) is 6.42 Å². The van der Waals surface area contributed by atoms with Gasteiger partial charge in [0.05, 0.1) is 5.69 Å². The maximum atomic E-state index is 9.24. The van der Waals surface area contributed by atoms with Gasteiger partial charge in [0.25, 0.3) is 0 Å². The summed E-state index contributed by atoms with van der Waals surface area (Å²) >= 11 is 0.